The van der Waals surface area contributed by atoms with Gasteiger partial charge in [-0.1, -0.05) is 12.1 Å². The van der Waals surface area contributed by atoms with Crippen LogP contribution in [0.3, 0.4) is 0 Å². The van der Waals surface area contributed by atoms with Crippen LogP contribution in [0.5, 0.6) is 5.75 Å². The van der Waals surface area contributed by atoms with Gasteiger partial charge in [0.05, 0.1) is 0 Å². The van der Waals surface area contributed by atoms with Gasteiger partial charge in [-0.05, 0) is 50.2 Å². The molecule has 0 aliphatic rings. The molecule has 2 amide bonds. The Kier molecular flexibility index (Phi) is 7.04. The summed E-state index contributed by atoms with van der Waals surface area (Å²) in [6.07, 6.45) is 0. The summed E-state index contributed by atoms with van der Waals surface area (Å²) in [6.45, 7) is 0.289. The number of halogens is 4. The van der Waals surface area contributed by atoms with E-state index in [4.69, 9.17) is 5.41 Å². The molecule has 0 bridgehead atoms. The summed E-state index contributed by atoms with van der Waals surface area (Å²) in [5.41, 5.74) is -2.29. The molecule has 0 fully saturated rings. The molecule has 0 radical (unpaired) electrons. The highest BCUT2D eigenvalue weighted by molar-refractivity contribution is 6.18. The number of benzene rings is 2. The minimum atomic E-state index is -3.16. The molecule has 1 atom stereocenters. The number of hydrogen-bond acceptors (Lipinski definition) is 4. The average molecular weight is 439 g/mol. The van der Waals surface area contributed by atoms with Gasteiger partial charge in [-0.15, -0.1) is 0 Å². The van der Waals surface area contributed by atoms with Gasteiger partial charge < -0.3 is 20.8 Å². The fraction of sp³-hybridized carbons (Fsp3) is 0.286. The smallest absolute Gasteiger partial charge is 0.387 e. The lowest BCUT2D eigenvalue weighted by molar-refractivity contribution is -0.119. The van der Waals surface area contributed by atoms with Gasteiger partial charge in [-0.25, -0.2) is 8.78 Å². The van der Waals surface area contributed by atoms with Gasteiger partial charge in [-0.3, -0.25) is 9.59 Å². The Bertz CT molecular complexity index is 975. The van der Waals surface area contributed by atoms with E-state index in [1.807, 2.05) is 0 Å². The van der Waals surface area contributed by atoms with Crippen molar-refractivity contribution in [3.63, 3.8) is 0 Å². The lowest BCUT2D eigenvalue weighted by Gasteiger charge is -2.29. The lowest BCUT2D eigenvalue weighted by Crippen LogP contribution is -2.59. The highest BCUT2D eigenvalue weighted by Crippen LogP contribution is 2.27. The molecule has 0 spiro atoms. The predicted octanol–water partition coefficient (Wildman–Crippen LogP) is 4.57. The highest BCUT2D eigenvalue weighted by Gasteiger charge is 2.38. The summed E-state index contributed by atoms with van der Waals surface area (Å²) >= 11 is 0. The second kappa shape index (κ2) is 9.15. The largest absolute Gasteiger partial charge is 0.435 e. The third kappa shape index (κ3) is 6.03. The summed E-state index contributed by atoms with van der Waals surface area (Å²) in [5, 5.41) is 12.8. The van der Waals surface area contributed by atoms with E-state index < -0.39 is 29.9 Å². The fourth-order valence-corrected chi connectivity index (χ4v) is 2.53. The standard InChI is InChI=1S/C21H21F4N3O3/c1-12(26)20(2,18(30)27-15-7-9-16(10-8-15)31-19(22)23)28-17(29)13-5-4-6-14(11-13)21(3,24)25/h4-11,19,26H,1-3H3,(H,27,30)(H,28,29). The van der Waals surface area contributed by atoms with Crippen LogP contribution in [0.15, 0.2) is 48.5 Å². The van der Waals surface area contributed by atoms with E-state index in [0.717, 1.165) is 6.07 Å². The van der Waals surface area contributed by atoms with Crippen LogP contribution in [0.25, 0.3) is 0 Å². The minimum Gasteiger partial charge on any atom is -0.435 e. The Morgan fingerprint density at radius 3 is 2.19 bits per heavy atom. The number of rotatable bonds is 8. The molecule has 0 heterocycles. The van der Waals surface area contributed by atoms with Crippen LogP contribution < -0.4 is 15.4 Å². The van der Waals surface area contributed by atoms with Crippen molar-refractivity contribution in [1.82, 2.24) is 5.32 Å². The maximum absolute atomic E-state index is 13.6. The quantitative estimate of drug-likeness (QED) is 0.416. The normalized spacial score (nSPS) is 13.3. The molecule has 2 aromatic rings. The van der Waals surface area contributed by atoms with Crippen molar-refractivity contribution in [2.75, 3.05) is 5.32 Å². The Labute approximate surface area is 176 Å². The second-order valence-electron chi connectivity index (χ2n) is 7.03. The molecule has 0 saturated heterocycles. The molecular weight excluding hydrogens is 418 g/mol. The molecule has 2 rings (SSSR count). The zero-order valence-corrected chi connectivity index (χ0v) is 16.9. The molecular formula is C21H21F4N3O3. The predicted molar refractivity (Wildman–Crippen MR) is 107 cm³/mol. The van der Waals surface area contributed by atoms with E-state index in [2.05, 4.69) is 15.4 Å². The molecule has 1 unspecified atom stereocenters. The number of nitrogens with one attached hydrogen (secondary N) is 3. The topological polar surface area (TPSA) is 91.3 Å². The summed E-state index contributed by atoms with van der Waals surface area (Å²) in [6, 6.07) is 9.83. The van der Waals surface area contributed by atoms with Crippen LogP contribution in [-0.4, -0.2) is 29.7 Å². The van der Waals surface area contributed by atoms with Crippen molar-refractivity contribution in [2.24, 2.45) is 0 Å². The lowest BCUT2D eigenvalue weighted by atomic mass is 9.94. The summed E-state index contributed by atoms with van der Waals surface area (Å²) in [7, 11) is 0. The van der Waals surface area contributed by atoms with Gasteiger partial charge in [0, 0.05) is 29.4 Å². The van der Waals surface area contributed by atoms with Gasteiger partial charge >= 0.3 is 6.61 Å². The van der Waals surface area contributed by atoms with E-state index >= 15 is 0 Å². The second-order valence-corrected chi connectivity index (χ2v) is 7.03. The first-order chi connectivity index (χ1) is 14.3. The number of carbonyl (C=O) groups is 2. The number of amides is 2. The monoisotopic (exact) mass is 439 g/mol. The van der Waals surface area contributed by atoms with Crippen LogP contribution in [0, 0.1) is 5.41 Å². The number of anilines is 1. The van der Waals surface area contributed by atoms with Crippen LogP contribution >= 0.6 is 0 Å². The van der Waals surface area contributed by atoms with Gasteiger partial charge in [-0.2, -0.15) is 8.78 Å². The molecule has 0 aromatic heterocycles. The fourth-order valence-electron chi connectivity index (χ4n) is 2.53. The SMILES string of the molecule is CC(=N)C(C)(NC(=O)c1cccc(C(C)(F)F)c1)C(=O)Nc1ccc(OC(F)F)cc1. The van der Waals surface area contributed by atoms with Crippen LogP contribution in [-0.2, 0) is 10.7 Å². The molecule has 166 valence electrons. The van der Waals surface area contributed by atoms with Crippen molar-refractivity contribution in [1.29, 1.82) is 5.41 Å². The van der Waals surface area contributed by atoms with Crippen molar-refractivity contribution < 1.29 is 31.9 Å². The van der Waals surface area contributed by atoms with Gasteiger partial charge in [0.25, 0.3) is 17.7 Å². The van der Waals surface area contributed by atoms with Gasteiger partial charge in [0.1, 0.15) is 5.75 Å². The van der Waals surface area contributed by atoms with E-state index in [-0.39, 0.29) is 28.3 Å². The third-order valence-electron chi connectivity index (χ3n) is 4.54. The zero-order valence-electron chi connectivity index (χ0n) is 16.9. The molecule has 0 aliphatic carbocycles. The zero-order chi connectivity index (χ0) is 23.4. The van der Waals surface area contributed by atoms with Crippen LogP contribution in [0.2, 0.25) is 0 Å². The summed E-state index contributed by atoms with van der Waals surface area (Å²) < 4.78 is 55.8. The van der Waals surface area contributed by atoms with Crippen molar-refractivity contribution >= 4 is 23.2 Å². The first kappa shape index (κ1) is 23.8. The van der Waals surface area contributed by atoms with E-state index in [1.165, 1.54) is 56.3 Å². The summed E-state index contributed by atoms with van der Waals surface area (Å²) in [4.78, 5) is 25.4. The highest BCUT2D eigenvalue weighted by atomic mass is 19.3. The van der Waals surface area contributed by atoms with Gasteiger partial charge in [0.2, 0.25) is 0 Å². The Balaban J connectivity index is 2.20. The van der Waals surface area contributed by atoms with E-state index in [0.29, 0.717) is 6.92 Å². The van der Waals surface area contributed by atoms with E-state index in [9.17, 15) is 27.2 Å². The average Bonchev–Trinajstić information content (AvgIpc) is 2.68. The van der Waals surface area contributed by atoms with Crippen LogP contribution in [0.4, 0.5) is 23.2 Å². The van der Waals surface area contributed by atoms with Gasteiger partial charge in [0.15, 0.2) is 5.54 Å². The number of hydrogen-bond donors (Lipinski definition) is 3. The molecule has 31 heavy (non-hydrogen) atoms. The molecule has 2 aromatic carbocycles. The Hall–Kier alpha value is -3.43. The third-order valence-corrected chi connectivity index (χ3v) is 4.54. The molecule has 0 saturated carbocycles. The maximum atomic E-state index is 13.6. The maximum Gasteiger partial charge on any atom is 0.387 e. The van der Waals surface area contributed by atoms with Crippen molar-refractivity contribution in [3.8, 4) is 5.75 Å². The molecule has 0 aliphatic heterocycles. The molecule has 6 nitrogen and oxygen atoms in total. The van der Waals surface area contributed by atoms with Crippen LogP contribution in [0.1, 0.15) is 36.7 Å². The number of carbonyl (C=O) groups excluding carboxylic acids is 2. The van der Waals surface area contributed by atoms with E-state index in [1.54, 1.807) is 0 Å². The Morgan fingerprint density at radius 2 is 1.68 bits per heavy atom. The van der Waals surface area contributed by atoms with Crippen molar-refractivity contribution in [3.05, 3.63) is 59.7 Å². The summed E-state index contributed by atoms with van der Waals surface area (Å²) in [5.74, 6) is -4.88. The minimum absolute atomic E-state index is 0.104. The molecule has 3 N–H and O–H groups in total. The number of ether oxygens (including phenoxy) is 1. The molecule has 10 heteroatoms. The van der Waals surface area contributed by atoms with Crippen molar-refractivity contribution in [2.45, 2.75) is 38.8 Å². The Morgan fingerprint density at radius 1 is 1.06 bits per heavy atom. The number of alkyl halides is 4. The first-order valence-electron chi connectivity index (χ1n) is 9.06. The first-order valence-corrected chi connectivity index (χ1v) is 9.06.